The zero-order valence-corrected chi connectivity index (χ0v) is 12.0. The molecule has 3 rings (SSSR count). The van der Waals surface area contributed by atoms with Gasteiger partial charge in [-0.15, -0.1) is 0 Å². The summed E-state index contributed by atoms with van der Waals surface area (Å²) in [6, 6.07) is 16.5. The van der Waals surface area contributed by atoms with E-state index in [4.69, 9.17) is 11.6 Å². The lowest BCUT2D eigenvalue weighted by Gasteiger charge is -2.37. The molecule has 2 N–H and O–H groups in total. The molecule has 0 unspecified atom stereocenters. The fourth-order valence-corrected chi connectivity index (χ4v) is 3.10. The van der Waals surface area contributed by atoms with Gasteiger partial charge in [0.2, 0.25) is 0 Å². The molecular formula is C17H18ClNO. The molecule has 1 saturated carbocycles. The van der Waals surface area contributed by atoms with Gasteiger partial charge in [-0.05, 0) is 36.5 Å². The molecule has 0 spiro atoms. The zero-order valence-electron chi connectivity index (χ0n) is 11.2. The van der Waals surface area contributed by atoms with Crippen LogP contribution in [0.2, 0.25) is 5.02 Å². The summed E-state index contributed by atoms with van der Waals surface area (Å²) in [4.78, 5) is 0. The molecule has 2 nitrogen and oxygen atoms in total. The van der Waals surface area contributed by atoms with Crippen LogP contribution in [0.5, 0.6) is 0 Å². The van der Waals surface area contributed by atoms with Crippen molar-refractivity contribution in [3.63, 3.8) is 0 Å². The molecule has 0 aliphatic heterocycles. The quantitative estimate of drug-likeness (QED) is 0.884. The average molecular weight is 288 g/mol. The highest BCUT2D eigenvalue weighted by molar-refractivity contribution is 6.31. The highest BCUT2D eigenvalue weighted by Gasteiger charge is 2.31. The van der Waals surface area contributed by atoms with Gasteiger partial charge < -0.3 is 10.4 Å². The van der Waals surface area contributed by atoms with E-state index in [2.05, 4.69) is 11.4 Å². The Bertz CT molecular complexity index is 593. The largest absolute Gasteiger partial charge is 0.392 e. The fourth-order valence-electron chi connectivity index (χ4n) is 2.81. The number of benzene rings is 2. The van der Waals surface area contributed by atoms with Crippen LogP contribution in [0.25, 0.3) is 0 Å². The summed E-state index contributed by atoms with van der Waals surface area (Å²) in [7, 11) is 0. The van der Waals surface area contributed by atoms with E-state index in [1.165, 1.54) is 5.56 Å². The molecule has 1 aliphatic rings. The first-order valence-electron chi connectivity index (χ1n) is 6.97. The molecule has 104 valence electrons. The number of para-hydroxylation sites is 1. The maximum Gasteiger partial charge on any atom is 0.0701 e. The standard InChI is InChI=1S/C17H18ClNO/c18-16-7-3-2-6-15(16)13-9-14(10-13)19-17-8-4-1-5-12(17)11-20/h1-8,13-14,19-20H,9-11H2. The molecule has 0 radical (unpaired) electrons. The molecule has 0 bridgehead atoms. The summed E-state index contributed by atoms with van der Waals surface area (Å²) >= 11 is 6.23. The highest BCUT2D eigenvalue weighted by Crippen LogP contribution is 2.41. The van der Waals surface area contributed by atoms with Crippen LogP contribution >= 0.6 is 11.6 Å². The van der Waals surface area contributed by atoms with Crippen LogP contribution in [-0.4, -0.2) is 11.1 Å². The van der Waals surface area contributed by atoms with Gasteiger partial charge in [0.25, 0.3) is 0 Å². The van der Waals surface area contributed by atoms with Gasteiger partial charge in [-0.25, -0.2) is 0 Å². The van der Waals surface area contributed by atoms with Crippen molar-refractivity contribution in [3.8, 4) is 0 Å². The Kier molecular flexibility index (Phi) is 3.95. The van der Waals surface area contributed by atoms with Gasteiger partial charge >= 0.3 is 0 Å². The number of hydrogen-bond donors (Lipinski definition) is 2. The lowest BCUT2D eigenvalue weighted by molar-refractivity contribution is 0.282. The van der Waals surface area contributed by atoms with Gasteiger partial charge in [0.1, 0.15) is 0 Å². The van der Waals surface area contributed by atoms with E-state index in [1.807, 2.05) is 42.5 Å². The van der Waals surface area contributed by atoms with E-state index in [0.29, 0.717) is 12.0 Å². The van der Waals surface area contributed by atoms with Gasteiger partial charge in [0, 0.05) is 22.3 Å². The lowest BCUT2D eigenvalue weighted by atomic mass is 9.75. The first-order valence-corrected chi connectivity index (χ1v) is 7.35. The van der Waals surface area contributed by atoms with E-state index < -0.39 is 0 Å². The number of anilines is 1. The number of halogens is 1. The second-order valence-electron chi connectivity index (χ2n) is 5.35. The Hall–Kier alpha value is -1.51. The predicted molar refractivity (Wildman–Crippen MR) is 83.2 cm³/mol. The lowest BCUT2D eigenvalue weighted by Crippen LogP contribution is -2.34. The van der Waals surface area contributed by atoms with E-state index in [9.17, 15) is 5.11 Å². The first kappa shape index (κ1) is 13.5. The van der Waals surface area contributed by atoms with Gasteiger partial charge in [0.05, 0.1) is 6.61 Å². The third kappa shape index (κ3) is 2.67. The molecule has 2 aromatic rings. The number of aliphatic hydroxyl groups is 1. The van der Waals surface area contributed by atoms with E-state index in [0.717, 1.165) is 29.1 Å². The van der Waals surface area contributed by atoms with Gasteiger partial charge in [0.15, 0.2) is 0 Å². The molecule has 0 amide bonds. The third-order valence-corrected chi connectivity index (χ3v) is 4.37. The minimum absolute atomic E-state index is 0.0732. The molecule has 1 fully saturated rings. The normalized spacial score (nSPS) is 21.3. The van der Waals surface area contributed by atoms with Crippen LogP contribution in [0.3, 0.4) is 0 Å². The highest BCUT2D eigenvalue weighted by atomic mass is 35.5. The second kappa shape index (κ2) is 5.86. The van der Waals surface area contributed by atoms with Crippen LogP contribution in [-0.2, 0) is 6.61 Å². The van der Waals surface area contributed by atoms with Gasteiger partial charge in [-0.3, -0.25) is 0 Å². The van der Waals surface area contributed by atoms with Crippen LogP contribution in [0, 0.1) is 0 Å². The molecule has 0 aromatic heterocycles. The Morgan fingerprint density at radius 3 is 2.50 bits per heavy atom. The van der Waals surface area contributed by atoms with Crippen molar-refractivity contribution >= 4 is 17.3 Å². The Morgan fingerprint density at radius 2 is 1.75 bits per heavy atom. The summed E-state index contributed by atoms with van der Waals surface area (Å²) in [5.41, 5.74) is 3.24. The minimum atomic E-state index is 0.0732. The minimum Gasteiger partial charge on any atom is -0.392 e. The van der Waals surface area contributed by atoms with E-state index in [1.54, 1.807) is 0 Å². The van der Waals surface area contributed by atoms with E-state index in [-0.39, 0.29) is 6.61 Å². The van der Waals surface area contributed by atoms with E-state index >= 15 is 0 Å². The van der Waals surface area contributed by atoms with Crippen molar-refractivity contribution < 1.29 is 5.11 Å². The number of aliphatic hydroxyl groups excluding tert-OH is 1. The predicted octanol–water partition coefficient (Wildman–Crippen LogP) is 4.19. The molecular weight excluding hydrogens is 270 g/mol. The molecule has 1 aliphatic carbocycles. The molecule has 3 heteroatoms. The third-order valence-electron chi connectivity index (χ3n) is 4.03. The fraction of sp³-hybridized carbons (Fsp3) is 0.294. The molecule has 0 heterocycles. The van der Waals surface area contributed by atoms with Crippen molar-refractivity contribution in [2.75, 3.05) is 5.32 Å². The summed E-state index contributed by atoms with van der Waals surface area (Å²) < 4.78 is 0. The number of rotatable bonds is 4. The van der Waals surface area contributed by atoms with Crippen molar-refractivity contribution in [1.82, 2.24) is 0 Å². The zero-order chi connectivity index (χ0) is 13.9. The van der Waals surface area contributed by atoms with Gasteiger partial charge in [-0.1, -0.05) is 48.0 Å². The maximum atomic E-state index is 9.33. The molecule has 2 aromatic carbocycles. The SMILES string of the molecule is OCc1ccccc1NC1CC(c2ccccc2Cl)C1. The molecule has 0 atom stereocenters. The van der Waals surface area contributed by atoms with Crippen molar-refractivity contribution in [2.24, 2.45) is 0 Å². The second-order valence-corrected chi connectivity index (χ2v) is 5.75. The summed E-state index contributed by atoms with van der Waals surface area (Å²) in [5.74, 6) is 0.544. The van der Waals surface area contributed by atoms with Crippen molar-refractivity contribution in [1.29, 1.82) is 0 Å². The van der Waals surface area contributed by atoms with Crippen LogP contribution in [0.15, 0.2) is 48.5 Å². The summed E-state index contributed by atoms with van der Waals surface area (Å²) in [6.45, 7) is 0.0732. The number of nitrogens with one attached hydrogen (secondary N) is 1. The smallest absolute Gasteiger partial charge is 0.0701 e. The summed E-state index contributed by atoms with van der Waals surface area (Å²) in [6.07, 6.45) is 2.17. The molecule has 20 heavy (non-hydrogen) atoms. The van der Waals surface area contributed by atoms with Crippen LogP contribution in [0.1, 0.15) is 29.9 Å². The topological polar surface area (TPSA) is 32.3 Å². The van der Waals surface area contributed by atoms with Crippen LogP contribution in [0.4, 0.5) is 5.69 Å². The Labute approximate surface area is 124 Å². The molecule has 0 saturated heterocycles. The maximum absolute atomic E-state index is 9.33. The monoisotopic (exact) mass is 287 g/mol. The Balaban J connectivity index is 1.63. The first-order chi connectivity index (χ1) is 9.78. The van der Waals surface area contributed by atoms with Crippen molar-refractivity contribution in [3.05, 3.63) is 64.7 Å². The summed E-state index contributed by atoms with van der Waals surface area (Å²) in [5, 5.41) is 13.7. The average Bonchev–Trinajstić information content (AvgIpc) is 2.44. The van der Waals surface area contributed by atoms with Crippen molar-refractivity contribution in [2.45, 2.75) is 31.4 Å². The van der Waals surface area contributed by atoms with Crippen LogP contribution < -0.4 is 5.32 Å². The number of hydrogen-bond acceptors (Lipinski definition) is 2. The Morgan fingerprint density at radius 1 is 1.05 bits per heavy atom. The van der Waals surface area contributed by atoms with Gasteiger partial charge in [-0.2, -0.15) is 0 Å².